The van der Waals surface area contributed by atoms with Crippen LogP contribution in [0.4, 0.5) is 5.69 Å². The molecule has 0 spiro atoms. The summed E-state index contributed by atoms with van der Waals surface area (Å²) in [7, 11) is 0. The third kappa shape index (κ3) is 4.88. The molecular formula is C23H23ClN4O3. The summed E-state index contributed by atoms with van der Waals surface area (Å²) in [6, 6.07) is 12.7. The van der Waals surface area contributed by atoms with Gasteiger partial charge in [0.05, 0.1) is 5.56 Å². The van der Waals surface area contributed by atoms with Crippen LogP contribution in [0.2, 0.25) is 5.02 Å². The maximum atomic E-state index is 12.5. The van der Waals surface area contributed by atoms with E-state index in [0.717, 1.165) is 22.6 Å². The first-order valence-corrected chi connectivity index (χ1v) is 10.4. The predicted octanol–water partition coefficient (Wildman–Crippen LogP) is 3.54. The second-order valence-electron chi connectivity index (χ2n) is 7.39. The molecule has 2 heterocycles. The number of hydrogen-bond acceptors (Lipinski definition) is 5. The largest absolute Gasteiger partial charge is 0.452 e. The van der Waals surface area contributed by atoms with Crippen LogP contribution < -0.4 is 4.90 Å². The molecule has 4 rings (SSSR count). The molecule has 0 aliphatic carbocycles. The SMILES string of the molecule is Cc1ccc(Cl)cc1N1CCN(C(=O)COC(=O)c2ccc(-c3ncc[nH]3)cc2)CC1. The number of aryl methyl sites for hydroxylation is 1. The van der Waals surface area contributed by atoms with Crippen LogP contribution in [0.3, 0.4) is 0 Å². The van der Waals surface area contributed by atoms with Crippen LogP contribution in [0.5, 0.6) is 0 Å². The number of H-pyrrole nitrogens is 1. The molecule has 1 fully saturated rings. The predicted molar refractivity (Wildman–Crippen MR) is 119 cm³/mol. The minimum atomic E-state index is -0.521. The molecule has 7 nitrogen and oxygen atoms in total. The molecule has 0 unspecified atom stereocenters. The minimum absolute atomic E-state index is 0.192. The van der Waals surface area contributed by atoms with Crippen molar-refractivity contribution in [2.45, 2.75) is 6.92 Å². The van der Waals surface area contributed by atoms with E-state index in [9.17, 15) is 9.59 Å². The number of aromatic nitrogens is 2. The monoisotopic (exact) mass is 438 g/mol. The number of aromatic amines is 1. The van der Waals surface area contributed by atoms with Crippen molar-refractivity contribution in [1.82, 2.24) is 14.9 Å². The third-order valence-corrected chi connectivity index (χ3v) is 5.60. The van der Waals surface area contributed by atoms with E-state index in [2.05, 4.69) is 14.9 Å². The average molecular weight is 439 g/mol. The summed E-state index contributed by atoms with van der Waals surface area (Å²) in [6.07, 6.45) is 3.40. The summed E-state index contributed by atoms with van der Waals surface area (Å²) >= 11 is 6.13. The maximum Gasteiger partial charge on any atom is 0.338 e. The Bertz CT molecular complexity index is 1060. The highest BCUT2D eigenvalue weighted by Crippen LogP contribution is 2.25. The van der Waals surface area contributed by atoms with Crippen LogP contribution in [0, 0.1) is 6.92 Å². The van der Waals surface area contributed by atoms with E-state index >= 15 is 0 Å². The van der Waals surface area contributed by atoms with Gasteiger partial charge >= 0.3 is 5.97 Å². The van der Waals surface area contributed by atoms with Gasteiger partial charge in [-0.3, -0.25) is 4.79 Å². The molecule has 2 aromatic carbocycles. The van der Waals surface area contributed by atoms with E-state index in [1.807, 2.05) is 25.1 Å². The Morgan fingerprint density at radius 1 is 1.10 bits per heavy atom. The number of carbonyl (C=O) groups excluding carboxylic acids is 2. The fraction of sp³-hybridized carbons (Fsp3) is 0.261. The lowest BCUT2D eigenvalue weighted by atomic mass is 10.1. The van der Waals surface area contributed by atoms with E-state index in [4.69, 9.17) is 16.3 Å². The second-order valence-corrected chi connectivity index (χ2v) is 7.83. The second kappa shape index (κ2) is 9.22. The highest BCUT2D eigenvalue weighted by atomic mass is 35.5. The molecule has 1 aliphatic rings. The van der Waals surface area contributed by atoms with Crippen molar-refractivity contribution in [1.29, 1.82) is 0 Å². The van der Waals surface area contributed by atoms with Crippen molar-refractivity contribution in [2.75, 3.05) is 37.7 Å². The van der Waals surface area contributed by atoms with Crippen LogP contribution in [-0.2, 0) is 9.53 Å². The van der Waals surface area contributed by atoms with Crippen molar-refractivity contribution < 1.29 is 14.3 Å². The van der Waals surface area contributed by atoms with E-state index < -0.39 is 5.97 Å². The zero-order chi connectivity index (χ0) is 21.8. The van der Waals surface area contributed by atoms with Gasteiger partial charge in [-0.05, 0) is 36.8 Å². The zero-order valence-corrected chi connectivity index (χ0v) is 17.9. The van der Waals surface area contributed by atoms with E-state index in [0.29, 0.717) is 36.8 Å². The Morgan fingerprint density at radius 2 is 1.84 bits per heavy atom. The number of nitrogens with one attached hydrogen (secondary N) is 1. The highest BCUT2D eigenvalue weighted by Gasteiger charge is 2.23. The summed E-state index contributed by atoms with van der Waals surface area (Å²) in [5, 5.41) is 0.697. The molecule has 0 saturated carbocycles. The van der Waals surface area contributed by atoms with Gasteiger partial charge in [0.25, 0.3) is 5.91 Å². The van der Waals surface area contributed by atoms with Gasteiger partial charge in [0, 0.05) is 54.8 Å². The number of carbonyl (C=O) groups is 2. The van der Waals surface area contributed by atoms with E-state index in [1.165, 1.54) is 0 Å². The average Bonchev–Trinajstić information content (AvgIpc) is 3.34. The van der Waals surface area contributed by atoms with Gasteiger partial charge in [0.15, 0.2) is 6.61 Å². The Labute approximate surface area is 185 Å². The van der Waals surface area contributed by atoms with Crippen molar-refractivity contribution in [2.24, 2.45) is 0 Å². The van der Waals surface area contributed by atoms with Crippen LogP contribution in [0.15, 0.2) is 54.9 Å². The molecule has 0 atom stereocenters. The zero-order valence-electron chi connectivity index (χ0n) is 17.2. The Balaban J connectivity index is 1.27. The van der Waals surface area contributed by atoms with Crippen molar-refractivity contribution in [3.05, 3.63) is 71.0 Å². The third-order valence-electron chi connectivity index (χ3n) is 5.36. The standard InChI is InChI=1S/C23H23ClN4O3/c1-16-2-7-19(24)14-20(16)27-10-12-28(13-11-27)21(29)15-31-23(30)18-5-3-17(4-6-18)22-25-8-9-26-22/h2-9,14H,10-13,15H2,1H3,(H,25,26). The van der Waals surface area contributed by atoms with Gasteiger partial charge in [0.2, 0.25) is 0 Å². The van der Waals surface area contributed by atoms with E-state index in [-0.39, 0.29) is 12.5 Å². The Morgan fingerprint density at radius 3 is 2.52 bits per heavy atom. The number of anilines is 1. The first kappa shape index (κ1) is 20.9. The minimum Gasteiger partial charge on any atom is -0.452 e. The fourth-order valence-electron chi connectivity index (χ4n) is 3.61. The summed E-state index contributed by atoms with van der Waals surface area (Å²) < 4.78 is 5.24. The molecule has 31 heavy (non-hydrogen) atoms. The van der Waals surface area contributed by atoms with Gasteiger partial charge in [-0.15, -0.1) is 0 Å². The first-order chi connectivity index (χ1) is 15.0. The van der Waals surface area contributed by atoms with Gasteiger partial charge in [-0.1, -0.05) is 29.8 Å². The Hall–Kier alpha value is -3.32. The normalized spacial score (nSPS) is 13.9. The van der Waals surface area contributed by atoms with Crippen molar-refractivity contribution in [3.63, 3.8) is 0 Å². The topological polar surface area (TPSA) is 78.5 Å². The lowest BCUT2D eigenvalue weighted by Crippen LogP contribution is -2.50. The number of benzene rings is 2. The summed E-state index contributed by atoms with van der Waals surface area (Å²) in [4.78, 5) is 35.9. The lowest BCUT2D eigenvalue weighted by molar-refractivity contribution is -0.134. The summed E-state index contributed by atoms with van der Waals surface area (Å²) in [5.74, 6) is 0.0118. The number of rotatable bonds is 5. The number of halogens is 1. The fourth-order valence-corrected chi connectivity index (χ4v) is 3.78. The lowest BCUT2D eigenvalue weighted by Gasteiger charge is -2.36. The molecule has 1 saturated heterocycles. The number of imidazole rings is 1. The number of ether oxygens (including phenoxy) is 1. The molecule has 1 amide bonds. The van der Waals surface area contributed by atoms with Gasteiger partial charge in [-0.2, -0.15) is 0 Å². The van der Waals surface area contributed by atoms with Crippen LogP contribution in [0.1, 0.15) is 15.9 Å². The molecule has 1 aromatic heterocycles. The van der Waals surface area contributed by atoms with Gasteiger partial charge in [-0.25, -0.2) is 9.78 Å². The smallest absolute Gasteiger partial charge is 0.338 e. The van der Waals surface area contributed by atoms with Crippen molar-refractivity contribution in [3.8, 4) is 11.4 Å². The molecule has 8 heteroatoms. The quantitative estimate of drug-likeness (QED) is 0.616. The molecule has 1 N–H and O–H groups in total. The van der Waals surface area contributed by atoms with Crippen LogP contribution in [-0.4, -0.2) is 59.5 Å². The number of esters is 1. The van der Waals surface area contributed by atoms with Gasteiger partial charge in [0.1, 0.15) is 5.82 Å². The number of nitrogens with zero attached hydrogens (tertiary/aromatic N) is 3. The highest BCUT2D eigenvalue weighted by molar-refractivity contribution is 6.30. The van der Waals surface area contributed by atoms with E-state index in [1.54, 1.807) is 41.6 Å². The molecule has 160 valence electrons. The van der Waals surface area contributed by atoms with Crippen LogP contribution >= 0.6 is 11.6 Å². The van der Waals surface area contributed by atoms with Crippen LogP contribution in [0.25, 0.3) is 11.4 Å². The molecular weight excluding hydrogens is 416 g/mol. The molecule has 0 radical (unpaired) electrons. The Kier molecular flexibility index (Phi) is 6.23. The molecule has 3 aromatic rings. The summed E-state index contributed by atoms with van der Waals surface area (Å²) in [6.45, 7) is 4.32. The maximum absolute atomic E-state index is 12.5. The number of amides is 1. The van der Waals surface area contributed by atoms with Gasteiger partial charge < -0.3 is 19.5 Å². The molecule has 0 bridgehead atoms. The first-order valence-electron chi connectivity index (χ1n) is 10.1. The number of hydrogen-bond donors (Lipinski definition) is 1. The van der Waals surface area contributed by atoms with Crippen molar-refractivity contribution >= 4 is 29.2 Å². The summed E-state index contributed by atoms with van der Waals surface area (Å²) in [5.41, 5.74) is 3.50. The molecule has 1 aliphatic heterocycles. The number of piperazine rings is 1.